The lowest BCUT2D eigenvalue weighted by molar-refractivity contribution is -0.122. The molecule has 0 bridgehead atoms. The molecule has 2 aromatic carbocycles. The van der Waals surface area contributed by atoms with E-state index in [1.807, 2.05) is 55.5 Å². The molecule has 1 amide bonds. The summed E-state index contributed by atoms with van der Waals surface area (Å²) in [5.74, 6) is 0.295. The van der Waals surface area contributed by atoms with Gasteiger partial charge in [-0.05, 0) is 30.7 Å². The largest absolute Gasteiger partial charge is 0.467 e. The van der Waals surface area contributed by atoms with Gasteiger partial charge < -0.3 is 9.73 Å². The van der Waals surface area contributed by atoms with Crippen LogP contribution in [0.2, 0.25) is 0 Å². The SMILES string of the molecule is Cc1nn(CC(=O)NC(c2ccccc2)c2ccco2)c(=O)c2ccccc12. The van der Waals surface area contributed by atoms with Gasteiger partial charge in [-0.3, -0.25) is 9.59 Å². The van der Waals surface area contributed by atoms with E-state index < -0.39 is 6.04 Å². The van der Waals surface area contributed by atoms with Crippen LogP contribution in [-0.4, -0.2) is 15.7 Å². The van der Waals surface area contributed by atoms with Gasteiger partial charge >= 0.3 is 0 Å². The van der Waals surface area contributed by atoms with E-state index in [1.165, 1.54) is 4.68 Å². The molecule has 4 aromatic rings. The number of aryl methyl sites for hydroxylation is 1. The Balaban J connectivity index is 1.62. The number of furan rings is 1. The van der Waals surface area contributed by atoms with Crippen molar-refractivity contribution in [2.24, 2.45) is 0 Å². The van der Waals surface area contributed by atoms with Crippen molar-refractivity contribution < 1.29 is 9.21 Å². The molecular weight excluding hydrogens is 354 g/mol. The number of fused-ring (bicyclic) bond motifs is 1. The lowest BCUT2D eigenvalue weighted by Gasteiger charge is -2.17. The van der Waals surface area contributed by atoms with Crippen LogP contribution in [-0.2, 0) is 11.3 Å². The second kappa shape index (κ2) is 7.52. The van der Waals surface area contributed by atoms with E-state index in [1.54, 1.807) is 24.5 Å². The fraction of sp³-hybridized carbons (Fsp3) is 0.136. The van der Waals surface area contributed by atoms with E-state index in [2.05, 4.69) is 10.4 Å². The van der Waals surface area contributed by atoms with E-state index in [-0.39, 0.29) is 18.0 Å². The van der Waals surface area contributed by atoms with Crippen molar-refractivity contribution in [3.63, 3.8) is 0 Å². The first-order chi connectivity index (χ1) is 13.6. The van der Waals surface area contributed by atoms with Crippen LogP contribution in [0.4, 0.5) is 0 Å². The van der Waals surface area contributed by atoms with Gasteiger partial charge in [0.2, 0.25) is 5.91 Å². The minimum absolute atomic E-state index is 0.172. The molecule has 0 spiro atoms. The fourth-order valence-electron chi connectivity index (χ4n) is 3.27. The molecule has 4 rings (SSSR count). The van der Waals surface area contributed by atoms with Crippen molar-refractivity contribution in [2.45, 2.75) is 19.5 Å². The summed E-state index contributed by atoms with van der Waals surface area (Å²) in [6, 6.07) is 19.9. The summed E-state index contributed by atoms with van der Waals surface area (Å²) < 4.78 is 6.71. The van der Waals surface area contributed by atoms with Crippen LogP contribution in [0.3, 0.4) is 0 Å². The smallest absolute Gasteiger partial charge is 0.275 e. The van der Waals surface area contributed by atoms with Gasteiger partial charge in [0.05, 0.1) is 17.3 Å². The summed E-state index contributed by atoms with van der Waals surface area (Å²) in [5, 5.41) is 8.59. The lowest BCUT2D eigenvalue weighted by Crippen LogP contribution is -2.36. The summed E-state index contributed by atoms with van der Waals surface area (Å²) >= 11 is 0. The molecule has 0 radical (unpaired) electrons. The lowest BCUT2D eigenvalue weighted by atomic mass is 10.0. The van der Waals surface area contributed by atoms with E-state index in [9.17, 15) is 9.59 Å². The average Bonchev–Trinajstić information content (AvgIpc) is 3.25. The highest BCUT2D eigenvalue weighted by molar-refractivity contribution is 5.83. The first kappa shape index (κ1) is 17.7. The zero-order chi connectivity index (χ0) is 19.5. The molecule has 140 valence electrons. The first-order valence-corrected chi connectivity index (χ1v) is 8.97. The molecule has 2 heterocycles. The van der Waals surface area contributed by atoms with Crippen LogP contribution >= 0.6 is 0 Å². The Labute approximate surface area is 161 Å². The molecular formula is C22H19N3O3. The number of nitrogens with one attached hydrogen (secondary N) is 1. The van der Waals surface area contributed by atoms with Crippen molar-refractivity contribution in [3.05, 3.63) is 100 Å². The van der Waals surface area contributed by atoms with Gasteiger partial charge in [-0.25, -0.2) is 4.68 Å². The summed E-state index contributed by atoms with van der Waals surface area (Å²) in [4.78, 5) is 25.4. The minimum atomic E-state index is -0.444. The fourth-order valence-corrected chi connectivity index (χ4v) is 3.27. The molecule has 0 aliphatic carbocycles. The second-order valence-corrected chi connectivity index (χ2v) is 6.52. The maximum Gasteiger partial charge on any atom is 0.275 e. The molecule has 0 fully saturated rings. The highest BCUT2D eigenvalue weighted by Gasteiger charge is 2.20. The Kier molecular flexibility index (Phi) is 4.76. The van der Waals surface area contributed by atoms with Gasteiger partial charge in [0.1, 0.15) is 18.3 Å². The number of carbonyl (C=O) groups excluding carboxylic acids is 1. The number of benzene rings is 2. The zero-order valence-electron chi connectivity index (χ0n) is 15.3. The molecule has 0 aliphatic rings. The molecule has 2 aromatic heterocycles. The topological polar surface area (TPSA) is 77.1 Å². The van der Waals surface area contributed by atoms with E-state index in [4.69, 9.17) is 4.42 Å². The summed E-state index contributed by atoms with van der Waals surface area (Å²) in [6.07, 6.45) is 1.57. The van der Waals surface area contributed by atoms with E-state index in [0.29, 0.717) is 16.8 Å². The Morgan fingerprint density at radius 1 is 1.04 bits per heavy atom. The summed E-state index contributed by atoms with van der Waals surface area (Å²) in [7, 11) is 0. The van der Waals surface area contributed by atoms with Crippen molar-refractivity contribution >= 4 is 16.7 Å². The van der Waals surface area contributed by atoms with Crippen molar-refractivity contribution in [3.8, 4) is 0 Å². The standard InChI is InChI=1S/C22H19N3O3/c1-15-17-10-5-6-11-18(17)22(27)25(24-15)14-20(26)23-21(19-12-7-13-28-19)16-8-3-2-4-9-16/h2-13,21H,14H2,1H3,(H,23,26). The van der Waals surface area contributed by atoms with Crippen LogP contribution in [0.1, 0.15) is 23.1 Å². The van der Waals surface area contributed by atoms with Crippen molar-refractivity contribution in [1.29, 1.82) is 0 Å². The van der Waals surface area contributed by atoms with Gasteiger partial charge in [-0.1, -0.05) is 48.5 Å². The molecule has 1 N–H and O–H groups in total. The normalized spacial score (nSPS) is 12.0. The second-order valence-electron chi connectivity index (χ2n) is 6.52. The van der Waals surface area contributed by atoms with Crippen LogP contribution in [0.5, 0.6) is 0 Å². The molecule has 1 unspecified atom stereocenters. The average molecular weight is 373 g/mol. The molecule has 6 nitrogen and oxygen atoms in total. The summed E-state index contributed by atoms with van der Waals surface area (Å²) in [5.41, 5.74) is 1.31. The number of amides is 1. The van der Waals surface area contributed by atoms with Crippen LogP contribution < -0.4 is 10.9 Å². The number of rotatable bonds is 5. The monoisotopic (exact) mass is 373 g/mol. The van der Waals surface area contributed by atoms with Gasteiger partial charge in [0.25, 0.3) is 5.56 Å². The highest BCUT2D eigenvalue weighted by Crippen LogP contribution is 2.22. The van der Waals surface area contributed by atoms with Gasteiger partial charge in [-0.2, -0.15) is 5.10 Å². The molecule has 0 saturated heterocycles. The molecule has 28 heavy (non-hydrogen) atoms. The molecule has 0 saturated carbocycles. The number of nitrogens with zero attached hydrogens (tertiary/aromatic N) is 2. The van der Waals surface area contributed by atoms with Crippen molar-refractivity contribution in [1.82, 2.24) is 15.1 Å². The predicted molar refractivity (Wildman–Crippen MR) is 106 cm³/mol. The number of carbonyl (C=O) groups is 1. The third-order valence-electron chi connectivity index (χ3n) is 4.61. The Morgan fingerprint density at radius 3 is 2.46 bits per heavy atom. The third-order valence-corrected chi connectivity index (χ3v) is 4.61. The molecule has 0 aliphatic heterocycles. The first-order valence-electron chi connectivity index (χ1n) is 8.97. The summed E-state index contributed by atoms with van der Waals surface area (Å²) in [6.45, 7) is 1.65. The van der Waals surface area contributed by atoms with Crippen LogP contribution in [0.25, 0.3) is 10.8 Å². The van der Waals surface area contributed by atoms with E-state index >= 15 is 0 Å². The van der Waals surface area contributed by atoms with Crippen molar-refractivity contribution in [2.75, 3.05) is 0 Å². The van der Waals surface area contributed by atoms with Gasteiger partial charge in [-0.15, -0.1) is 0 Å². The van der Waals surface area contributed by atoms with Gasteiger partial charge in [0, 0.05) is 5.39 Å². The third kappa shape index (κ3) is 3.44. The van der Waals surface area contributed by atoms with Crippen LogP contribution in [0.15, 0.2) is 82.2 Å². The minimum Gasteiger partial charge on any atom is -0.467 e. The zero-order valence-corrected chi connectivity index (χ0v) is 15.3. The Bertz CT molecular complexity index is 1160. The predicted octanol–water partition coefficient (Wildman–Crippen LogP) is 3.20. The van der Waals surface area contributed by atoms with Gasteiger partial charge in [0.15, 0.2) is 0 Å². The number of aromatic nitrogens is 2. The van der Waals surface area contributed by atoms with Crippen LogP contribution in [0, 0.1) is 6.92 Å². The quantitative estimate of drug-likeness (QED) is 0.583. The molecule has 6 heteroatoms. The van der Waals surface area contributed by atoms with E-state index in [0.717, 1.165) is 10.9 Å². The maximum absolute atomic E-state index is 12.7. The Morgan fingerprint density at radius 2 is 1.75 bits per heavy atom. The number of hydrogen-bond acceptors (Lipinski definition) is 4. The highest BCUT2D eigenvalue weighted by atomic mass is 16.3. The maximum atomic E-state index is 12.7. The molecule has 1 atom stereocenters. The Hall–Kier alpha value is -3.67. The number of hydrogen-bond donors (Lipinski definition) is 1.